The number of aromatic nitrogens is 2. The van der Waals surface area contributed by atoms with Crippen molar-refractivity contribution in [3.63, 3.8) is 0 Å². The zero-order valence-corrected chi connectivity index (χ0v) is 13.1. The van der Waals surface area contributed by atoms with E-state index < -0.39 is 0 Å². The van der Waals surface area contributed by atoms with E-state index in [0.29, 0.717) is 6.10 Å². The molecule has 5 heteroatoms. The van der Waals surface area contributed by atoms with Gasteiger partial charge in [-0.05, 0) is 32.7 Å². The van der Waals surface area contributed by atoms with Crippen LogP contribution in [0.5, 0.6) is 0 Å². The predicted octanol–water partition coefficient (Wildman–Crippen LogP) is 2.50. The summed E-state index contributed by atoms with van der Waals surface area (Å²) in [4.78, 5) is 0. The molecular weight excluding hydrogens is 258 g/mol. The highest BCUT2D eigenvalue weighted by atomic mass is 32.2. The molecule has 1 fully saturated rings. The summed E-state index contributed by atoms with van der Waals surface area (Å²) in [6.45, 7) is 7.20. The van der Waals surface area contributed by atoms with Crippen LogP contribution in [0.1, 0.15) is 37.4 Å². The van der Waals surface area contributed by atoms with Crippen molar-refractivity contribution in [3.8, 4) is 0 Å². The molecule has 0 saturated carbocycles. The maximum Gasteiger partial charge on any atom is 0.0985 e. The van der Waals surface area contributed by atoms with E-state index in [2.05, 4.69) is 24.3 Å². The molecule has 0 bridgehead atoms. The predicted molar refractivity (Wildman–Crippen MR) is 79.6 cm³/mol. The maximum absolute atomic E-state index is 5.69. The quantitative estimate of drug-likeness (QED) is 0.616. The highest BCUT2D eigenvalue weighted by molar-refractivity contribution is 7.99. The monoisotopic (exact) mass is 283 g/mol. The SMILES string of the molecule is CCCNCc1c(C)nn(C)c1SCC1CCCO1. The number of rotatable bonds is 7. The molecule has 108 valence electrons. The van der Waals surface area contributed by atoms with Crippen molar-refractivity contribution in [3.05, 3.63) is 11.3 Å². The van der Waals surface area contributed by atoms with E-state index in [1.165, 1.54) is 23.4 Å². The largest absolute Gasteiger partial charge is 0.377 e. The summed E-state index contributed by atoms with van der Waals surface area (Å²) in [5.41, 5.74) is 2.49. The fourth-order valence-corrected chi connectivity index (χ4v) is 3.63. The molecule has 0 aliphatic carbocycles. The normalized spacial score (nSPS) is 19.2. The molecule has 2 rings (SSSR count). The Labute approximate surface area is 120 Å². The number of aryl methyl sites for hydroxylation is 2. The van der Waals surface area contributed by atoms with Crippen molar-refractivity contribution in [1.29, 1.82) is 0 Å². The fraction of sp³-hybridized carbons (Fsp3) is 0.786. The minimum Gasteiger partial charge on any atom is -0.377 e. The lowest BCUT2D eigenvalue weighted by Crippen LogP contribution is -2.15. The van der Waals surface area contributed by atoms with Crippen LogP contribution in [0.3, 0.4) is 0 Å². The van der Waals surface area contributed by atoms with Crippen LogP contribution in [-0.2, 0) is 18.3 Å². The molecule has 1 aliphatic heterocycles. The molecule has 1 aliphatic rings. The molecule has 1 unspecified atom stereocenters. The lowest BCUT2D eigenvalue weighted by Gasteiger charge is -2.11. The molecule has 4 nitrogen and oxygen atoms in total. The lowest BCUT2D eigenvalue weighted by atomic mass is 10.2. The van der Waals surface area contributed by atoms with Crippen LogP contribution in [0.2, 0.25) is 0 Å². The van der Waals surface area contributed by atoms with Crippen LogP contribution < -0.4 is 5.32 Å². The van der Waals surface area contributed by atoms with Gasteiger partial charge in [0.05, 0.1) is 16.8 Å². The Morgan fingerprint density at radius 2 is 2.37 bits per heavy atom. The van der Waals surface area contributed by atoms with E-state index in [1.807, 2.05) is 23.5 Å². The van der Waals surface area contributed by atoms with E-state index in [9.17, 15) is 0 Å². The van der Waals surface area contributed by atoms with Crippen LogP contribution in [-0.4, -0.2) is 34.8 Å². The van der Waals surface area contributed by atoms with Gasteiger partial charge < -0.3 is 10.1 Å². The molecule has 0 radical (unpaired) electrons. The van der Waals surface area contributed by atoms with Gasteiger partial charge in [-0.15, -0.1) is 11.8 Å². The van der Waals surface area contributed by atoms with Crippen molar-refractivity contribution in [2.24, 2.45) is 7.05 Å². The summed E-state index contributed by atoms with van der Waals surface area (Å²) in [5.74, 6) is 1.04. The van der Waals surface area contributed by atoms with Gasteiger partial charge in [-0.25, -0.2) is 0 Å². The van der Waals surface area contributed by atoms with Crippen molar-refractivity contribution in [2.75, 3.05) is 18.9 Å². The highest BCUT2D eigenvalue weighted by Gasteiger charge is 2.19. The van der Waals surface area contributed by atoms with E-state index in [-0.39, 0.29) is 0 Å². The van der Waals surface area contributed by atoms with Gasteiger partial charge in [-0.2, -0.15) is 5.10 Å². The van der Waals surface area contributed by atoms with Crippen molar-refractivity contribution < 1.29 is 4.74 Å². The van der Waals surface area contributed by atoms with E-state index in [4.69, 9.17) is 4.74 Å². The van der Waals surface area contributed by atoms with Gasteiger partial charge >= 0.3 is 0 Å². The number of ether oxygens (including phenoxy) is 1. The first-order valence-electron chi connectivity index (χ1n) is 7.20. The third-order valence-corrected chi connectivity index (χ3v) is 4.77. The van der Waals surface area contributed by atoms with E-state index >= 15 is 0 Å². The van der Waals surface area contributed by atoms with Crippen LogP contribution in [0.4, 0.5) is 0 Å². The number of nitrogens with zero attached hydrogens (tertiary/aromatic N) is 2. The van der Waals surface area contributed by atoms with Crippen LogP contribution in [0.15, 0.2) is 5.03 Å². The molecular formula is C14H25N3OS. The smallest absolute Gasteiger partial charge is 0.0985 e. The van der Waals surface area contributed by atoms with Crippen molar-refractivity contribution >= 4 is 11.8 Å². The molecule has 2 heterocycles. The topological polar surface area (TPSA) is 39.1 Å². The fourth-order valence-electron chi connectivity index (χ4n) is 2.40. The lowest BCUT2D eigenvalue weighted by molar-refractivity contribution is 0.129. The standard InChI is InChI=1S/C14H25N3OS/c1-4-7-15-9-13-11(2)16-17(3)14(13)19-10-12-6-5-8-18-12/h12,15H,4-10H2,1-3H3. The maximum atomic E-state index is 5.69. The molecule has 0 aromatic carbocycles. The molecule has 1 atom stereocenters. The van der Waals surface area contributed by atoms with Gasteiger partial charge in [0.2, 0.25) is 0 Å². The van der Waals surface area contributed by atoms with Gasteiger partial charge in [-0.3, -0.25) is 4.68 Å². The molecule has 1 N–H and O–H groups in total. The van der Waals surface area contributed by atoms with E-state index in [0.717, 1.165) is 37.6 Å². The summed E-state index contributed by atoms with van der Waals surface area (Å²) in [6, 6.07) is 0. The number of hydrogen-bond donors (Lipinski definition) is 1. The minimum atomic E-state index is 0.427. The van der Waals surface area contributed by atoms with Gasteiger partial charge in [-0.1, -0.05) is 6.92 Å². The average Bonchev–Trinajstić information content (AvgIpc) is 2.97. The number of hydrogen-bond acceptors (Lipinski definition) is 4. The molecule has 0 spiro atoms. The van der Waals surface area contributed by atoms with Gasteiger partial charge in [0.25, 0.3) is 0 Å². The zero-order chi connectivity index (χ0) is 13.7. The second kappa shape index (κ2) is 7.31. The Balaban J connectivity index is 1.96. The van der Waals surface area contributed by atoms with E-state index in [1.54, 1.807) is 0 Å². The van der Waals surface area contributed by atoms with Crippen LogP contribution in [0, 0.1) is 6.92 Å². The summed E-state index contributed by atoms with van der Waals surface area (Å²) in [7, 11) is 2.04. The summed E-state index contributed by atoms with van der Waals surface area (Å²) in [5, 5.41) is 9.31. The van der Waals surface area contributed by atoms with Crippen molar-refractivity contribution in [2.45, 2.75) is 50.8 Å². The second-order valence-corrected chi connectivity index (χ2v) is 6.12. The summed E-state index contributed by atoms with van der Waals surface area (Å²) < 4.78 is 7.71. The Morgan fingerprint density at radius 3 is 3.05 bits per heavy atom. The van der Waals surface area contributed by atoms with Gasteiger partial charge in [0.1, 0.15) is 0 Å². The molecule has 1 aromatic rings. The summed E-state index contributed by atoms with van der Waals surface area (Å²) >= 11 is 1.89. The van der Waals surface area contributed by atoms with Gasteiger partial charge in [0, 0.05) is 31.5 Å². The highest BCUT2D eigenvalue weighted by Crippen LogP contribution is 2.28. The zero-order valence-electron chi connectivity index (χ0n) is 12.2. The first-order valence-corrected chi connectivity index (χ1v) is 8.18. The third-order valence-electron chi connectivity index (χ3n) is 3.45. The molecule has 1 aromatic heterocycles. The molecule has 1 saturated heterocycles. The first kappa shape index (κ1) is 14.9. The minimum absolute atomic E-state index is 0.427. The molecule has 19 heavy (non-hydrogen) atoms. The Hall–Kier alpha value is -0.520. The number of nitrogens with one attached hydrogen (secondary N) is 1. The van der Waals surface area contributed by atoms with Crippen LogP contribution in [0.25, 0.3) is 0 Å². The summed E-state index contributed by atoms with van der Waals surface area (Å²) in [6.07, 6.45) is 4.00. The second-order valence-electron chi connectivity index (χ2n) is 5.12. The van der Waals surface area contributed by atoms with Gasteiger partial charge in [0.15, 0.2) is 0 Å². The Bertz CT molecular complexity index is 400. The third kappa shape index (κ3) is 3.97. The van der Waals surface area contributed by atoms with Crippen molar-refractivity contribution in [1.82, 2.24) is 15.1 Å². The Kier molecular flexibility index (Phi) is 5.73. The van der Waals surface area contributed by atoms with Crippen LogP contribution >= 0.6 is 11.8 Å². The Morgan fingerprint density at radius 1 is 1.53 bits per heavy atom. The average molecular weight is 283 g/mol. The first-order chi connectivity index (χ1) is 9.22. The molecule has 0 amide bonds. The number of thioether (sulfide) groups is 1.